The normalized spacial score (nSPS) is 11.0. The van der Waals surface area contributed by atoms with E-state index in [1.54, 1.807) is 31.2 Å². The van der Waals surface area contributed by atoms with Gasteiger partial charge in [-0.2, -0.15) is 0 Å². The maximum absolute atomic E-state index is 12.2. The van der Waals surface area contributed by atoms with E-state index in [1.165, 1.54) is 0 Å². The number of rotatable bonds is 6. The van der Waals surface area contributed by atoms with Crippen LogP contribution in [0, 0.1) is 0 Å². The Labute approximate surface area is 142 Å². The average Bonchev–Trinajstić information content (AvgIpc) is 2.61. The third kappa shape index (κ3) is 5.09. The molecule has 0 saturated heterocycles. The molecule has 4 heteroatoms. The van der Waals surface area contributed by atoms with Gasteiger partial charge in [-0.3, -0.25) is 4.79 Å². The molecule has 4 nitrogen and oxygen atoms in total. The molecule has 0 spiro atoms. The Morgan fingerprint density at radius 2 is 1.71 bits per heavy atom. The van der Waals surface area contributed by atoms with E-state index in [9.17, 15) is 9.59 Å². The molecule has 0 aromatic heterocycles. The van der Waals surface area contributed by atoms with Gasteiger partial charge in [-0.05, 0) is 49.2 Å². The van der Waals surface area contributed by atoms with Gasteiger partial charge in [0.25, 0.3) is 5.91 Å². The van der Waals surface area contributed by atoms with Crippen molar-refractivity contribution in [1.29, 1.82) is 0 Å². The number of ether oxygens (including phenoxy) is 1. The van der Waals surface area contributed by atoms with Crippen molar-refractivity contribution in [3.8, 4) is 0 Å². The van der Waals surface area contributed by atoms with Crippen molar-refractivity contribution in [1.82, 2.24) is 0 Å². The molecule has 2 aromatic carbocycles. The summed E-state index contributed by atoms with van der Waals surface area (Å²) in [5.41, 5.74) is 2.68. The molecule has 0 aliphatic carbocycles. The van der Waals surface area contributed by atoms with Crippen LogP contribution in [0.3, 0.4) is 0 Å². The molecular formula is C20H21NO3. The highest BCUT2D eigenvalue weighted by molar-refractivity contribution is 6.06. The molecule has 0 saturated carbocycles. The zero-order chi connectivity index (χ0) is 17.4. The number of carbonyl (C=O) groups is 2. The zero-order valence-electron chi connectivity index (χ0n) is 13.9. The Hall–Kier alpha value is -2.88. The number of anilines is 1. The molecule has 0 radical (unpaired) electrons. The second kappa shape index (κ2) is 8.67. The Balaban J connectivity index is 1.99. The van der Waals surface area contributed by atoms with Crippen molar-refractivity contribution >= 4 is 23.6 Å². The van der Waals surface area contributed by atoms with Crippen LogP contribution >= 0.6 is 0 Å². The summed E-state index contributed by atoms with van der Waals surface area (Å²) in [5, 5.41) is 2.81. The lowest BCUT2D eigenvalue weighted by atomic mass is 10.1. The molecule has 2 rings (SSSR count). The molecule has 0 aliphatic heterocycles. The Morgan fingerprint density at radius 3 is 2.33 bits per heavy atom. The summed E-state index contributed by atoms with van der Waals surface area (Å²) < 4.78 is 5.07. The first-order chi connectivity index (χ1) is 11.6. The number of esters is 1. The molecule has 0 bridgehead atoms. The van der Waals surface area contributed by atoms with Crippen LogP contribution in [0.5, 0.6) is 0 Å². The fraction of sp³-hybridized carbons (Fsp3) is 0.200. The molecule has 0 heterocycles. The first kappa shape index (κ1) is 17.5. The number of carbonyl (C=O) groups excluding carboxylic acids is 2. The van der Waals surface area contributed by atoms with Gasteiger partial charge in [0.05, 0.1) is 12.2 Å². The molecule has 24 heavy (non-hydrogen) atoms. The third-order valence-corrected chi connectivity index (χ3v) is 3.36. The summed E-state index contributed by atoms with van der Waals surface area (Å²) in [7, 11) is 0. The van der Waals surface area contributed by atoms with Crippen LogP contribution in [0.4, 0.5) is 5.69 Å². The summed E-state index contributed by atoms with van der Waals surface area (Å²) >= 11 is 0. The van der Waals surface area contributed by atoms with E-state index in [2.05, 4.69) is 5.32 Å². The fourth-order valence-electron chi connectivity index (χ4n) is 2.06. The number of benzene rings is 2. The van der Waals surface area contributed by atoms with E-state index >= 15 is 0 Å². The summed E-state index contributed by atoms with van der Waals surface area (Å²) in [6, 6.07) is 16.3. The number of amides is 1. The van der Waals surface area contributed by atoms with E-state index in [4.69, 9.17) is 4.74 Å². The number of nitrogens with one attached hydrogen (secondary N) is 1. The van der Waals surface area contributed by atoms with E-state index in [1.807, 2.05) is 43.3 Å². The molecular weight excluding hydrogens is 302 g/mol. The van der Waals surface area contributed by atoms with Gasteiger partial charge in [0.15, 0.2) is 0 Å². The molecule has 2 aromatic rings. The first-order valence-electron chi connectivity index (χ1n) is 7.92. The molecule has 1 amide bonds. The Kier molecular flexibility index (Phi) is 6.32. The Morgan fingerprint density at radius 1 is 1.04 bits per heavy atom. The minimum Gasteiger partial charge on any atom is -0.462 e. The standard InChI is InChI=1S/C20H21NO3/c1-3-13-24-20(23)17-9-11-18(12-10-17)21-19(22)15(2)14-16-7-5-4-6-8-16/h4-12,14H,3,13H2,1-2H3,(H,21,22)/b15-14+. The molecule has 124 valence electrons. The number of hydrogen-bond donors (Lipinski definition) is 1. The van der Waals surface area contributed by atoms with Gasteiger partial charge in [0.2, 0.25) is 0 Å². The van der Waals surface area contributed by atoms with Gasteiger partial charge in [-0.25, -0.2) is 4.79 Å². The maximum Gasteiger partial charge on any atom is 0.338 e. The fourth-order valence-corrected chi connectivity index (χ4v) is 2.06. The first-order valence-corrected chi connectivity index (χ1v) is 7.92. The van der Waals surface area contributed by atoms with E-state index in [0.29, 0.717) is 23.4 Å². The van der Waals surface area contributed by atoms with Gasteiger partial charge in [-0.15, -0.1) is 0 Å². The quantitative estimate of drug-likeness (QED) is 0.637. The lowest BCUT2D eigenvalue weighted by Crippen LogP contribution is -2.13. The van der Waals surface area contributed by atoms with Gasteiger partial charge in [0, 0.05) is 11.3 Å². The smallest absolute Gasteiger partial charge is 0.338 e. The largest absolute Gasteiger partial charge is 0.462 e. The predicted molar refractivity (Wildman–Crippen MR) is 95.7 cm³/mol. The lowest BCUT2D eigenvalue weighted by molar-refractivity contribution is -0.112. The number of hydrogen-bond acceptors (Lipinski definition) is 3. The van der Waals surface area contributed by atoms with Crippen LogP contribution in [0.25, 0.3) is 6.08 Å². The van der Waals surface area contributed by atoms with Gasteiger partial charge >= 0.3 is 5.97 Å². The lowest BCUT2D eigenvalue weighted by Gasteiger charge is -2.07. The van der Waals surface area contributed by atoms with Crippen molar-refractivity contribution < 1.29 is 14.3 Å². The SMILES string of the molecule is CCCOC(=O)c1ccc(NC(=O)/C(C)=C/c2ccccc2)cc1. The van der Waals surface area contributed by atoms with Crippen LogP contribution in [0.1, 0.15) is 36.2 Å². The summed E-state index contributed by atoms with van der Waals surface area (Å²) in [4.78, 5) is 23.9. The summed E-state index contributed by atoms with van der Waals surface area (Å²) in [6.45, 7) is 4.11. The summed E-state index contributed by atoms with van der Waals surface area (Å²) in [6.07, 6.45) is 2.61. The molecule has 0 aliphatic rings. The van der Waals surface area contributed by atoms with E-state index in [-0.39, 0.29) is 11.9 Å². The highest BCUT2D eigenvalue weighted by atomic mass is 16.5. The van der Waals surface area contributed by atoms with E-state index < -0.39 is 0 Å². The van der Waals surface area contributed by atoms with Crippen molar-refractivity contribution in [3.05, 3.63) is 71.3 Å². The third-order valence-electron chi connectivity index (χ3n) is 3.36. The molecule has 1 N–H and O–H groups in total. The minimum atomic E-state index is -0.352. The highest BCUT2D eigenvalue weighted by Crippen LogP contribution is 2.13. The van der Waals surface area contributed by atoms with Crippen molar-refractivity contribution in [2.45, 2.75) is 20.3 Å². The van der Waals surface area contributed by atoms with Crippen LogP contribution < -0.4 is 5.32 Å². The molecule has 0 atom stereocenters. The van der Waals surface area contributed by atoms with Gasteiger partial charge in [-0.1, -0.05) is 37.3 Å². The van der Waals surface area contributed by atoms with Gasteiger partial charge in [0.1, 0.15) is 0 Å². The molecule has 0 unspecified atom stereocenters. The Bertz CT molecular complexity index is 718. The minimum absolute atomic E-state index is 0.180. The van der Waals surface area contributed by atoms with Crippen LogP contribution in [0.2, 0.25) is 0 Å². The monoisotopic (exact) mass is 323 g/mol. The van der Waals surface area contributed by atoms with Gasteiger partial charge < -0.3 is 10.1 Å². The second-order valence-corrected chi connectivity index (χ2v) is 5.41. The van der Waals surface area contributed by atoms with Crippen molar-refractivity contribution in [3.63, 3.8) is 0 Å². The van der Waals surface area contributed by atoms with Crippen molar-refractivity contribution in [2.24, 2.45) is 0 Å². The summed E-state index contributed by atoms with van der Waals surface area (Å²) in [5.74, 6) is -0.532. The highest BCUT2D eigenvalue weighted by Gasteiger charge is 2.08. The van der Waals surface area contributed by atoms with Crippen molar-refractivity contribution in [2.75, 3.05) is 11.9 Å². The maximum atomic E-state index is 12.2. The zero-order valence-corrected chi connectivity index (χ0v) is 13.9. The van der Waals surface area contributed by atoms with Crippen LogP contribution in [0.15, 0.2) is 60.2 Å². The second-order valence-electron chi connectivity index (χ2n) is 5.41. The topological polar surface area (TPSA) is 55.4 Å². The van der Waals surface area contributed by atoms with E-state index in [0.717, 1.165) is 12.0 Å². The van der Waals surface area contributed by atoms with Crippen LogP contribution in [-0.4, -0.2) is 18.5 Å². The van der Waals surface area contributed by atoms with Crippen LogP contribution in [-0.2, 0) is 9.53 Å². The predicted octanol–water partition coefficient (Wildman–Crippen LogP) is 4.30. The molecule has 0 fully saturated rings. The average molecular weight is 323 g/mol.